The zero-order valence-electron chi connectivity index (χ0n) is 17.8. The van der Waals surface area contributed by atoms with E-state index < -0.39 is 17.5 Å². The van der Waals surface area contributed by atoms with Gasteiger partial charge in [-0.25, -0.2) is 4.79 Å². The minimum atomic E-state index is -1.16. The van der Waals surface area contributed by atoms with Crippen molar-refractivity contribution in [3.8, 4) is 0 Å². The molecule has 1 fully saturated rings. The zero-order chi connectivity index (χ0) is 21.5. The molecule has 0 unspecified atom stereocenters. The number of rotatable bonds is 5. The van der Waals surface area contributed by atoms with Crippen LogP contribution in [0.15, 0.2) is 42.5 Å². The van der Waals surface area contributed by atoms with Crippen LogP contribution in [0.25, 0.3) is 0 Å². The number of carbonyl (C=O) groups excluding carboxylic acids is 3. The van der Waals surface area contributed by atoms with Crippen LogP contribution in [0.3, 0.4) is 0 Å². The lowest BCUT2D eigenvalue weighted by atomic mass is 9.89. The highest BCUT2D eigenvalue weighted by Gasteiger charge is 2.49. The summed E-state index contributed by atoms with van der Waals surface area (Å²) in [6, 6.07) is 12.9. The first-order valence-corrected chi connectivity index (χ1v) is 10.7. The van der Waals surface area contributed by atoms with E-state index in [-0.39, 0.29) is 12.3 Å². The summed E-state index contributed by atoms with van der Waals surface area (Å²) in [6.45, 7) is 5.66. The van der Waals surface area contributed by atoms with Crippen LogP contribution in [0, 0.1) is 0 Å². The highest BCUT2D eigenvalue weighted by Crippen LogP contribution is 2.30. The molecule has 0 aromatic heterocycles. The van der Waals surface area contributed by atoms with E-state index in [4.69, 9.17) is 0 Å². The minimum Gasteiger partial charge on any atom is -0.319 e. The molecule has 1 N–H and O–H groups in total. The first kappa shape index (κ1) is 20.3. The number of benzene rings is 2. The Morgan fingerprint density at radius 3 is 2.37 bits per heavy atom. The molecule has 1 aliphatic carbocycles. The Morgan fingerprint density at radius 2 is 1.70 bits per heavy atom. The van der Waals surface area contributed by atoms with Crippen LogP contribution in [0.1, 0.15) is 72.1 Å². The fourth-order valence-corrected chi connectivity index (χ4v) is 4.38. The van der Waals surface area contributed by atoms with Crippen LogP contribution < -0.4 is 5.32 Å². The van der Waals surface area contributed by atoms with Gasteiger partial charge in [0.2, 0.25) is 0 Å². The van der Waals surface area contributed by atoms with E-state index in [1.54, 1.807) is 6.92 Å². The van der Waals surface area contributed by atoms with E-state index in [9.17, 15) is 14.4 Å². The SMILES string of the molecule is CC(C)c1ccc([C@@]2(C)NC(=O)N(CC(=O)c3ccc4c(c3)CCCC4)C2=O)cc1. The fourth-order valence-electron chi connectivity index (χ4n) is 4.38. The molecular weight excluding hydrogens is 376 g/mol. The monoisotopic (exact) mass is 404 g/mol. The molecule has 2 aliphatic rings. The number of amides is 3. The van der Waals surface area contributed by atoms with Crippen molar-refractivity contribution in [2.24, 2.45) is 0 Å². The molecule has 4 rings (SSSR count). The number of imide groups is 1. The van der Waals surface area contributed by atoms with E-state index in [0.29, 0.717) is 17.0 Å². The Morgan fingerprint density at radius 1 is 1.03 bits per heavy atom. The van der Waals surface area contributed by atoms with Crippen LogP contribution in [0.4, 0.5) is 4.79 Å². The number of Topliss-reactive ketones (excluding diaryl/α,β-unsaturated/α-hetero) is 1. The highest BCUT2D eigenvalue weighted by atomic mass is 16.2. The fraction of sp³-hybridized carbons (Fsp3) is 0.400. The number of hydrogen-bond donors (Lipinski definition) is 1. The van der Waals surface area contributed by atoms with Crippen molar-refractivity contribution < 1.29 is 14.4 Å². The molecule has 1 aliphatic heterocycles. The zero-order valence-corrected chi connectivity index (χ0v) is 17.8. The van der Waals surface area contributed by atoms with Gasteiger partial charge >= 0.3 is 6.03 Å². The molecule has 3 amide bonds. The molecule has 30 heavy (non-hydrogen) atoms. The van der Waals surface area contributed by atoms with Gasteiger partial charge in [-0.2, -0.15) is 0 Å². The molecule has 5 nitrogen and oxygen atoms in total. The average molecular weight is 405 g/mol. The molecule has 0 spiro atoms. The van der Waals surface area contributed by atoms with E-state index in [1.165, 1.54) is 23.1 Å². The Hall–Kier alpha value is -2.95. The van der Waals surface area contributed by atoms with Crippen molar-refractivity contribution in [2.75, 3.05) is 6.54 Å². The van der Waals surface area contributed by atoms with Crippen LogP contribution >= 0.6 is 0 Å². The number of carbonyl (C=O) groups is 3. The number of nitrogens with zero attached hydrogens (tertiary/aromatic N) is 1. The van der Waals surface area contributed by atoms with Crippen LogP contribution in [0.5, 0.6) is 0 Å². The third-order valence-electron chi connectivity index (χ3n) is 6.40. The Balaban J connectivity index is 1.53. The largest absolute Gasteiger partial charge is 0.325 e. The second-order valence-corrected chi connectivity index (χ2v) is 8.84. The first-order valence-electron chi connectivity index (χ1n) is 10.7. The maximum Gasteiger partial charge on any atom is 0.325 e. The highest BCUT2D eigenvalue weighted by molar-refractivity contribution is 6.11. The predicted molar refractivity (Wildman–Crippen MR) is 116 cm³/mol. The van der Waals surface area contributed by atoms with Gasteiger partial charge in [0, 0.05) is 5.56 Å². The Labute approximate surface area is 177 Å². The molecule has 2 aromatic rings. The maximum atomic E-state index is 13.1. The van der Waals surface area contributed by atoms with Gasteiger partial charge in [-0.1, -0.05) is 50.2 Å². The molecule has 0 bridgehead atoms. The third-order valence-corrected chi connectivity index (χ3v) is 6.40. The van der Waals surface area contributed by atoms with Gasteiger partial charge in [0.1, 0.15) is 5.54 Å². The summed E-state index contributed by atoms with van der Waals surface area (Å²) in [5, 5.41) is 2.79. The van der Waals surface area contributed by atoms with Crippen molar-refractivity contribution in [1.82, 2.24) is 10.2 Å². The molecule has 5 heteroatoms. The topological polar surface area (TPSA) is 66.5 Å². The molecule has 2 aromatic carbocycles. The Bertz CT molecular complexity index is 1010. The predicted octanol–water partition coefficient (Wildman–Crippen LogP) is 4.34. The summed E-state index contributed by atoms with van der Waals surface area (Å²) in [4.78, 5) is 39.6. The van der Waals surface area contributed by atoms with Crippen LogP contribution in [0.2, 0.25) is 0 Å². The summed E-state index contributed by atoms with van der Waals surface area (Å²) in [5.41, 5.74) is 3.78. The van der Waals surface area contributed by atoms with Crippen molar-refractivity contribution in [3.63, 3.8) is 0 Å². The summed E-state index contributed by atoms with van der Waals surface area (Å²) in [7, 11) is 0. The third kappa shape index (κ3) is 3.53. The van der Waals surface area contributed by atoms with Crippen LogP contribution in [-0.4, -0.2) is 29.2 Å². The van der Waals surface area contributed by atoms with Crippen molar-refractivity contribution in [2.45, 2.75) is 57.9 Å². The molecule has 0 saturated carbocycles. The average Bonchev–Trinajstić information content (AvgIpc) is 2.97. The quantitative estimate of drug-likeness (QED) is 0.595. The first-order chi connectivity index (χ1) is 14.3. The lowest BCUT2D eigenvalue weighted by Crippen LogP contribution is -2.41. The second-order valence-electron chi connectivity index (χ2n) is 8.84. The molecular formula is C25H28N2O3. The Kier molecular flexibility index (Phi) is 5.22. The summed E-state index contributed by atoms with van der Waals surface area (Å²) < 4.78 is 0. The number of nitrogens with one attached hydrogen (secondary N) is 1. The summed E-state index contributed by atoms with van der Waals surface area (Å²) in [5.74, 6) is -0.228. The van der Waals surface area contributed by atoms with Crippen molar-refractivity contribution in [3.05, 3.63) is 70.3 Å². The van der Waals surface area contributed by atoms with Gasteiger partial charge in [0.25, 0.3) is 5.91 Å². The van der Waals surface area contributed by atoms with Gasteiger partial charge in [0.15, 0.2) is 5.78 Å². The van der Waals surface area contributed by atoms with E-state index in [1.807, 2.05) is 42.5 Å². The number of aryl methyl sites for hydroxylation is 2. The van der Waals surface area contributed by atoms with Gasteiger partial charge in [-0.05, 0) is 66.8 Å². The van der Waals surface area contributed by atoms with Gasteiger partial charge < -0.3 is 5.32 Å². The standard InChI is InChI=1S/C25H28N2O3/c1-16(2)17-10-12-21(13-11-17)25(3)23(29)27(24(30)26-25)15-22(28)20-9-8-18-6-4-5-7-19(18)14-20/h8-14,16H,4-7,15H2,1-3H3,(H,26,30)/t25-/m1/s1. The van der Waals surface area contributed by atoms with Gasteiger partial charge in [0.05, 0.1) is 6.54 Å². The molecule has 0 radical (unpaired) electrons. The van der Waals surface area contributed by atoms with Gasteiger partial charge in [-0.3, -0.25) is 14.5 Å². The van der Waals surface area contributed by atoms with Gasteiger partial charge in [-0.15, -0.1) is 0 Å². The van der Waals surface area contributed by atoms with E-state index in [0.717, 1.165) is 24.2 Å². The number of fused-ring (bicyclic) bond motifs is 1. The number of hydrogen-bond acceptors (Lipinski definition) is 3. The molecule has 1 heterocycles. The molecule has 156 valence electrons. The van der Waals surface area contributed by atoms with Crippen LogP contribution in [-0.2, 0) is 23.2 Å². The number of ketones is 1. The van der Waals surface area contributed by atoms with E-state index in [2.05, 4.69) is 19.2 Å². The normalized spacial score (nSPS) is 21.0. The maximum absolute atomic E-state index is 13.1. The lowest BCUT2D eigenvalue weighted by molar-refractivity contribution is -0.130. The van der Waals surface area contributed by atoms with Crippen molar-refractivity contribution in [1.29, 1.82) is 0 Å². The summed E-state index contributed by atoms with van der Waals surface area (Å²) in [6.07, 6.45) is 4.33. The second kappa shape index (κ2) is 7.71. The smallest absolute Gasteiger partial charge is 0.319 e. The lowest BCUT2D eigenvalue weighted by Gasteiger charge is -2.23. The molecule has 1 atom stereocenters. The summed E-state index contributed by atoms with van der Waals surface area (Å²) >= 11 is 0. The molecule has 1 saturated heterocycles. The minimum absolute atomic E-state index is 0.216. The van der Waals surface area contributed by atoms with Crippen molar-refractivity contribution >= 4 is 17.7 Å². The van der Waals surface area contributed by atoms with E-state index >= 15 is 0 Å². The number of urea groups is 1.